The first-order chi connectivity index (χ1) is 9.66. The molecule has 3 aromatic rings. The van der Waals surface area contributed by atoms with Crippen molar-refractivity contribution in [1.82, 2.24) is 10.1 Å². The van der Waals surface area contributed by atoms with Crippen molar-refractivity contribution >= 4 is 11.0 Å². The van der Waals surface area contributed by atoms with E-state index < -0.39 is 0 Å². The number of para-hydroxylation sites is 1. The number of furan rings is 1. The number of nitrogens with zero attached hydrogens (tertiary/aromatic N) is 2. The average Bonchev–Trinajstić information content (AvgIpc) is 3.12. The van der Waals surface area contributed by atoms with E-state index in [0.29, 0.717) is 24.0 Å². The Morgan fingerprint density at radius 2 is 2.10 bits per heavy atom. The lowest BCUT2D eigenvalue weighted by molar-refractivity contribution is 0.290. The van der Waals surface area contributed by atoms with Crippen LogP contribution in [0.1, 0.15) is 26.2 Å². The Labute approximate surface area is 116 Å². The molecule has 0 spiro atoms. The minimum absolute atomic E-state index is 0.294. The van der Waals surface area contributed by atoms with Gasteiger partial charge in [-0.3, -0.25) is 0 Å². The molecule has 3 rings (SSSR count). The van der Waals surface area contributed by atoms with E-state index >= 15 is 0 Å². The van der Waals surface area contributed by atoms with Crippen molar-refractivity contribution in [1.29, 1.82) is 0 Å². The molecule has 1 aromatic carbocycles. The van der Waals surface area contributed by atoms with E-state index in [2.05, 4.69) is 17.1 Å². The summed E-state index contributed by atoms with van der Waals surface area (Å²) in [6.45, 7) is 4.53. The fraction of sp³-hybridized carbons (Fsp3) is 0.333. The monoisotopic (exact) mass is 271 g/mol. The normalized spacial score (nSPS) is 14.6. The van der Waals surface area contributed by atoms with E-state index in [1.807, 2.05) is 37.3 Å². The van der Waals surface area contributed by atoms with Crippen molar-refractivity contribution in [2.45, 2.75) is 25.7 Å². The van der Waals surface area contributed by atoms with Crippen molar-refractivity contribution < 1.29 is 8.94 Å². The summed E-state index contributed by atoms with van der Waals surface area (Å²) in [5, 5.41) is 5.03. The molecule has 0 aliphatic carbocycles. The van der Waals surface area contributed by atoms with Crippen LogP contribution in [0, 0.1) is 0 Å². The van der Waals surface area contributed by atoms with Crippen molar-refractivity contribution in [3.63, 3.8) is 0 Å². The van der Waals surface area contributed by atoms with E-state index in [0.717, 1.165) is 17.4 Å². The van der Waals surface area contributed by atoms with Gasteiger partial charge < -0.3 is 14.7 Å². The van der Waals surface area contributed by atoms with Crippen LogP contribution >= 0.6 is 0 Å². The van der Waals surface area contributed by atoms with Gasteiger partial charge in [0.25, 0.3) is 0 Å². The minimum Gasteiger partial charge on any atom is -0.453 e. The quantitative estimate of drug-likeness (QED) is 0.788. The molecule has 0 bridgehead atoms. The van der Waals surface area contributed by atoms with Gasteiger partial charge in [-0.1, -0.05) is 30.3 Å². The van der Waals surface area contributed by atoms with Gasteiger partial charge in [-0.2, -0.15) is 4.98 Å². The first-order valence-corrected chi connectivity index (χ1v) is 6.69. The Hall–Kier alpha value is -2.14. The zero-order valence-electron chi connectivity index (χ0n) is 11.6. The fourth-order valence-electron chi connectivity index (χ4n) is 2.04. The molecule has 2 heterocycles. The van der Waals surface area contributed by atoms with Gasteiger partial charge >= 0.3 is 0 Å². The molecule has 2 N–H and O–H groups in total. The highest BCUT2D eigenvalue weighted by atomic mass is 16.5. The summed E-state index contributed by atoms with van der Waals surface area (Å²) in [7, 11) is 0. The molecule has 0 saturated carbocycles. The van der Waals surface area contributed by atoms with Gasteiger partial charge in [0, 0.05) is 11.9 Å². The summed E-state index contributed by atoms with van der Waals surface area (Å²) in [5.74, 6) is 1.62. The minimum atomic E-state index is -0.294. The Balaban J connectivity index is 2.01. The number of fused-ring (bicyclic) bond motifs is 1. The zero-order chi connectivity index (χ0) is 14.2. The zero-order valence-corrected chi connectivity index (χ0v) is 11.6. The van der Waals surface area contributed by atoms with Crippen molar-refractivity contribution in [2.75, 3.05) is 6.54 Å². The molecule has 20 heavy (non-hydrogen) atoms. The second-order valence-corrected chi connectivity index (χ2v) is 5.19. The summed E-state index contributed by atoms with van der Waals surface area (Å²) in [5.41, 5.74) is 6.32. The maximum atomic E-state index is 5.81. The van der Waals surface area contributed by atoms with Gasteiger partial charge in [0.15, 0.2) is 5.76 Å². The molecule has 0 amide bonds. The Bertz CT molecular complexity index is 692. The molecule has 0 aliphatic heterocycles. The van der Waals surface area contributed by atoms with Gasteiger partial charge in [0.1, 0.15) is 5.58 Å². The van der Waals surface area contributed by atoms with Gasteiger partial charge in [0.2, 0.25) is 11.7 Å². The maximum absolute atomic E-state index is 5.81. The SMILES string of the molecule is CCC(C)(CN)c1nc(-c2cc3ccccc3o2)no1. The predicted octanol–water partition coefficient (Wildman–Crippen LogP) is 3.11. The van der Waals surface area contributed by atoms with Crippen LogP contribution in [0.25, 0.3) is 22.6 Å². The average molecular weight is 271 g/mol. The second kappa shape index (κ2) is 4.76. The van der Waals surface area contributed by atoms with E-state index in [1.54, 1.807) is 0 Å². The summed E-state index contributed by atoms with van der Waals surface area (Å²) in [4.78, 5) is 4.44. The van der Waals surface area contributed by atoms with Gasteiger partial charge in [-0.05, 0) is 25.5 Å². The van der Waals surface area contributed by atoms with Crippen molar-refractivity contribution in [2.24, 2.45) is 5.73 Å². The van der Waals surface area contributed by atoms with Crippen LogP contribution in [0.3, 0.4) is 0 Å². The first-order valence-electron chi connectivity index (χ1n) is 6.69. The van der Waals surface area contributed by atoms with Gasteiger partial charge in [-0.25, -0.2) is 0 Å². The van der Waals surface area contributed by atoms with E-state index in [9.17, 15) is 0 Å². The van der Waals surface area contributed by atoms with Crippen LogP contribution in [-0.2, 0) is 5.41 Å². The van der Waals surface area contributed by atoms with Gasteiger partial charge in [0.05, 0.1) is 5.41 Å². The smallest absolute Gasteiger partial charge is 0.238 e. The van der Waals surface area contributed by atoms with Crippen LogP contribution in [0.15, 0.2) is 39.3 Å². The van der Waals surface area contributed by atoms with Crippen LogP contribution in [0.5, 0.6) is 0 Å². The Morgan fingerprint density at radius 3 is 2.80 bits per heavy atom. The van der Waals surface area contributed by atoms with Crippen LogP contribution in [-0.4, -0.2) is 16.7 Å². The summed E-state index contributed by atoms with van der Waals surface area (Å²) in [6, 6.07) is 9.71. The highest BCUT2D eigenvalue weighted by Crippen LogP contribution is 2.29. The van der Waals surface area contributed by atoms with E-state index in [1.165, 1.54) is 0 Å². The van der Waals surface area contributed by atoms with Crippen LogP contribution in [0.2, 0.25) is 0 Å². The van der Waals surface area contributed by atoms with Crippen LogP contribution in [0.4, 0.5) is 0 Å². The lowest BCUT2D eigenvalue weighted by atomic mass is 9.88. The van der Waals surface area contributed by atoms with Gasteiger partial charge in [-0.15, -0.1) is 0 Å². The highest BCUT2D eigenvalue weighted by molar-refractivity contribution is 5.81. The topological polar surface area (TPSA) is 78.1 Å². The third kappa shape index (κ3) is 2.00. The molecule has 2 aromatic heterocycles. The molecule has 0 saturated heterocycles. The van der Waals surface area contributed by atoms with Crippen molar-refractivity contribution in [3.05, 3.63) is 36.2 Å². The number of hydrogen-bond donors (Lipinski definition) is 1. The Morgan fingerprint density at radius 1 is 1.30 bits per heavy atom. The molecule has 5 heteroatoms. The number of benzene rings is 1. The largest absolute Gasteiger partial charge is 0.453 e. The molecular weight excluding hydrogens is 254 g/mol. The number of rotatable bonds is 4. The van der Waals surface area contributed by atoms with Crippen molar-refractivity contribution in [3.8, 4) is 11.6 Å². The number of nitrogens with two attached hydrogens (primary N) is 1. The third-order valence-corrected chi connectivity index (χ3v) is 3.82. The number of aromatic nitrogens is 2. The second-order valence-electron chi connectivity index (χ2n) is 5.19. The molecular formula is C15H17N3O2. The van der Waals surface area contributed by atoms with E-state index in [4.69, 9.17) is 14.7 Å². The third-order valence-electron chi connectivity index (χ3n) is 3.82. The summed E-state index contributed by atoms with van der Waals surface area (Å²) < 4.78 is 11.1. The lowest BCUT2D eigenvalue weighted by Crippen LogP contribution is -2.31. The molecule has 104 valence electrons. The molecule has 0 radical (unpaired) electrons. The van der Waals surface area contributed by atoms with E-state index in [-0.39, 0.29) is 5.41 Å². The Kier molecular flexibility index (Phi) is 3.06. The number of hydrogen-bond acceptors (Lipinski definition) is 5. The molecule has 5 nitrogen and oxygen atoms in total. The summed E-state index contributed by atoms with van der Waals surface area (Å²) in [6.07, 6.45) is 0.839. The van der Waals surface area contributed by atoms with Crippen LogP contribution < -0.4 is 5.73 Å². The lowest BCUT2D eigenvalue weighted by Gasteiger charge is -2.20. The maximum Gasteiger partial charge on any atom is 0.238 e. The summed E-state index contributed by atoms with van der Waals surface area (Å²) >= 11 is 0. The molecule has 0 aliphatic rings. The highest BCUT2D eigenvalue weighted by Gasteiger charge is 2.30. The molecule has 1 unspecified atom stereocenters. The fourth-order valence-corrected chi connectivity index (χ4v) is 2.04. The standard InChI is InChI=1S/C15H17N3O2/c1-3-15(2,9-16)14-17-13(18-20-14)12-8-10-6-4-5-7-11(10)19-12/h4-8H,3,9,16H2,1-2H3. The molecule has 1 atom stereocenters. The predicted molar refractivity (Wildman–Crippen MR) is 76.2 cm³/mol. The first kappa shape index (κ1) is 12.9. The molecule has 0 fully saturated rings.